The molecule has 5 nitrogen and oxygen atoms in total. The van der Waals surface area contributed by atoms with Gasteiger partial charge in [-0.1, -0.05) is 12.8 Å². The first-order valence-corrected chi connectivity index (χ1v) is 9.57. The Morgan fingerprint density at radius 3 is 2.21 bits per heavy atom. The molecule has 0 N–H and O–H groups in total. The first-order valence-electron chi connectivity index (χ1n) is 8.13. The lowest BCUT2D eigenvalue weighted by Gasteiger charge is -2.35. The van der Waals surface area contributed by atoms with Crippen LogP contribution in [0.4, 0.5) is 8.78 Å². The van der Waals surface area contributed by atoms with Crippen molar-refractivity contribution in [3.05, 3.63) is 29.8 Å². The van der Waals surface area contributed by atoms with Crippen LogP contribution in [-0.4, -0.2) is 49.7 Å². The van der Waals surface area contributed by atoms with Crippen LogP contribution in [0.25, 0.3) is 0 Å². The van der Waals surface area contributed by atoms with Gasteiger partial charge in [0.1, 0.15) is 0 Å². The van der Waals surface area contributed by atoms with Crippen molar-refractivity contribution in [2.45, 2.75) is 30.6 Å². The second kappa shape index (κ2) is 6.76. The molecule has 1 saturated carbocycles. The number of carbonyl (C=O) groups is 1. The minimum absolute atomic E-state index is 0.0688. The second-order valence-electron chi connectivity index (χ2n) is 6.29. The molecule has 0 bridgehead atoms. The van der Waals surface area contributed by atoms with Gasteiger partial charge >= 0.3 is 0 Å². The minimum atomic E-state index is -3.88. The highest BCUT2D eigenvalue weighted by Gasteiger charge is 2.33. The second-order valence-corrected chi connectivity index (χ2v) is 8.22. The molecule has 0 unspecified atom stereocenters. The third-order valence-electron chi connectivity index (χ3n) is 4.78. The van der Waals surface area contributed by atoms with Crippen molar-refractivity contribution in [1.82, 2.24) is 9.21 Å². The number of carbonyl (C=O) groups excluding carboxylic acids is 1. The summed E-state index contributed by atoms with van der Waals surface area (Å²) in [5, 5.41) is 0. The van der Waals surface area contributed by atoms with Gasteiger partial charge in [-0.2, -0.15) is 4.31 Å². The normalized spacial score (nSPS) is 20.5. The predicted molar refractivity (Wildman–Crippen MR) is 83.7 cm³/mol. The Balaban J connectivity index is 1.67. The summed E-state index contributed by atoms with van der Waals surface area (Å²) in [6.45, 7) is 0.996. The molecule has 1 aromatic rings. The van der Waals surface area contributed by atoms with E-state index in [1.54, 1.807) is 4.90 Å². The summed E-state index contributed by atoms with van der Waals surface area (Å²) in [5.74, 6) is -2.09. The molecular weight excluding hydrogens is 338 g/mol. The maximum atomic E-state index is 13.3. The van der Waals surface area contributed by atoms with Gasteiger partial charge in [0.05, 0.1) is 4.90 Å². The number of sulfonamides is 1. The van der Waals surface area contributed by atoms with Gasteiger partial charge in [0, 0.05) is 32.1 Å². The topological polar surface area (TPSA) is 57.7 Å². The van der Waals surface area contributed by atoms with Gasteiger partial charge in [0.25, 0.3) is 0 Å². The third kappa shape index (κ3) is 3.30. The van der Waals surface area contributed by atoms with Crippen LogP contribution in [0.5, 0.6) is 0 Å². The maximum absolute atomic E-state index is 13.3. The van der Waals surface area contributed by atoms with Crippen LogP contribution in [-0.2, 0) is 14.8 Å². The smallest absolute Gasteiger partial charge is 0.243 e. The Morgan fingerprint density at radius 1 is 1.00 bits per heavy atom. The lowest BCUT2D eigenvalue weighted by atomic mass is 10.1. The molecule has 1 amide bonds. The molecule has 1 aliphatic carbocycles. The van der Waals surface area contributed by atoms with Gasteiger partial charge in [-0.05, 0) is 31.0 Å². The van der Waals surface area contributed by atoms with Gasteiger partial charge in [-0.3, -0.25) is 4.79 Å². The van der Waals surface area contributed by atoms with Crippen molar-refractivity contribution in [2.75, 3.05) is 26.2 Å². The molecule has 2 fully saturated rings. The summed E-state index contributed by atoms with van der Waals surface area (Å²) in [6.07, 6.45) is 3.96. The van der Waals surface area contributed by atoms with E-state index in [1.165, 1.54) is 4.31 Å². The first kappa shape index (κ1) is 17.3. The minimum Gasteiger partial charge on any atom is -0.340 e. The average molecular weight is 358 g/mol. The van der Waals surface area contributed by atoms with Crippen LogP contribution in [0.15, 0.2) is 23.1 Å². The average Bonchev–Trinajstić information content (AvgIpc) is 3.11. The molecule has 3 rings (SSSR count). The van der Waals surface area contributed by atoms with Crippen LogP contribution >= 0.6 is 0 Å². The van der Waals surface area contributed by atoms with E-state index >= 15 is 0 Å². The fourth-order valence-corrected chi connectivity index (χ4v) is 4.80. The van der Waals surface area contributed by atoms with Crippen LogP contribution in [0.1, 0.15) is 25.7 Å². The first-order chi connectivity index (χ1) is 11.4. The summed E-state index contributed by atoms with van der Waals surface area (Å²) in [6, 6.07) is 2.56. The SMILES string of the molecule is O=C(C1CCCC1)N1CCN(S(=O)(=O)c2ccc(F)c(F)c2)CC1. The lowest BCUT2D eigenvalue weighted by molar-refractivity contribution is -0.136. The van der Waals surface area contributed by atoms with E-state index in [1.807, 2.05) is 0 Å². The number of hydrogen-bond acceptors (Lipinski definition) is 3. The summed E-state index contributed by atoms with van der Waals surface area (Å²) in [5.41, 5.74) is 0. The lowest BCUT2D eigenvalue weighted by Crippen LogP contribution is -2.51. The van der Waals surface area contributed by atoms with E-state index < -0.39 is 21.7 Å². The Hall–Kier alpha value is -1.54. The standard InChI is InChI=1S/C16H20F2N2O3S/c17-14-6-5-13(11-15(14)18)24(22,23)20-9-7-19(8-10-20)16(21)12-3-1-2-4-12/h5-6,11-12H,1-4,7-10H2. The molecule has 8 heteroatoms. The monoisotopic (exact) mass is 358 g/mol. The number of halogens is 2. The van der Waals surface area contributed by atoms with Crippen LogP contribution < -0.4 is 0 Å². The number of nitrogens with zero attached hydrogens (tertiary/aromatic N) is 2. The van der Waals surface area contributed by atoms with Gasteiger partial charge in [-0.25, -0.2) is 17.2 Å². The van der Waals surface area contributed by atoms with E-state index in [2.05, 4.69) is 0 Å². The van der Waals surface area contributed by atoms with E-state index in [9.17, 15) is 22.0 Å². The fraction of sp³-hybridized carbons (Fsp3) is 0.562. The molecule has 0 radical (unpaired) electrons. The van der Waals surface area contributed by atoms with Crippen molar-refractivity contribution < 1.29 is 22.0 Å². The van der Waals surface area contributed by atoms with Crippen LogP contribution in [0.3, 0.4) is 0 Å². The van der Waals surface area contributed by atoms with E-state index in [-0.39, 0.29) is 29.8 Å². The summed E-state index contributed by atoms with van der Waals surface area (Å²) in [7, 11) is -3.88. The number of amides is 1. The molecule has 2 aliphatic rings. The number of piperazine rings is 1. The van der Waals surface area contributed by atoms with Crippen molar-refractivity contribution in [3.8, 4) is 0 Å². The zero-order valence-corrected chi connectivity index (χ0v) is 14.1. The zero-order valence-electron chi connectivity index (χ0n) is 13.2. The Bertz CT molecular complexity index is 725. The Labute approximate surface area is 140 Å². The van der Waals surface area contributed by atoms with Gasteiger partial charge in [0.2, 0.25) is 15.9 Å². The molecule has 132 valence electrons. The quantitative estimate of drug-likeness (QED) is 0.830. The van der Waals surface area contributed by atoms with E-state index in [0.29, 0.717) is 19.2 Å². The van der Waals surface area contributed by atoms with E-state index in [0.717, 1.165) is 37.8 Å². The molecule has 24 heavy (non-hydrogen) atoms. The Kier molecular flexibility index (Phi) is 4.87. The number of benzene rings is 1. The van der Waals surface area contributed by atoms with Crippen molar-refractivity contribution in [2.24, 2.45) is 5.92 Å². The van der Waals surface area contributed by atoms with Crippen molar-refractivity contribution in [3.63, 3.8) is 0 Å². The van der Waals surface area contributed by atoms with Gasteiger partial charge in [0.15, 0.2) is 11.6 Å². The zero-order chi connectivity index (χ0) is 17.3. The van der Waals surface area contributed by atoms with E-state index in [4.69, 9.17) is 0 Å². The highest BCUT2D eigenvalue weighted by Crippen LogP contribution is 2.27. The highest BCUT2D eigenvalue weighted by molar-refractivity contribution is 7.89. The Morgan fingerprint density at radius 2 is 1.62 bits per heavy atom. The van der Waals surface area contributed by atoms with Crippen LogP contribution in [0, 0.1) is 17.6 Å². The maximum Gasteiger partial charge on any atom is 0.243 e. The molecule has 1 aliphatic heterocycles. The third-order valence-corrected chi connectivity index (χ3v) is 6.68. The largest absolute Gasteiger partial charge is 0.340 e. The molecule has 0 aromatic heterocycles. The van der Waals surface area contributed by atoms with Crippen molar-refractivity contribution >= 4 is 15.9 Å². The number of hydrogen-bond donors (Lipinski definition) is 0. The molecule has 1 saturated heterocycles. The number of rotatable bonds is 3. The molecule has 1 heterocycles. The summed E-state index contributed by atoms with van der Waals surface area (Å²) >= 11 is 0. The molecule has 1 aromatic carbocycles. The van der Waals surface area contributed by atoms with Gasteiger partial charge < -0.3 is 4.90 Å². The summed E-state index contributed by atoms with van der Waals surface area (Å²) < 4.78 is 52.6. The fourth-order valence-electron chi connectivity index (χ4n) is 3.37. The van der Waals surface area contributed by atoms with Crippen LogP contribution in [0.2, 0.25) is 0 Å². The van der Waals surface area contributed by atoms with Gasteiger partial charge in [-0.15, -0.1) is 0 Å². The predicted octanol–water partition coefficient (Wildman–Crippen LogP) is 1.99. The summed E-state index contributed by atoms with van der Waals surface area (Å²) in [4.78, 5) is 13.8. The van der Waals surface area contributed by atoms with Crippen molar-refractivity contribution in [1.29, 1.82) is 0 Å². The molecular formula is C16H20F2N2O3S. The molecule has 0 spiro atoms. The molecule has 0 atom stereocenters. The highest BCUT2D eigenvalue weighted by atomic mass is 32.2.